The highest BCUT2D eigenvalue weighted by Gasteiger charge is 2.39. The van der Waals surface area contributed by atoms with Crippen molar-refractivity contribution < 1.29 is 4.84 Å². The van der Waals surface area contributed by atoms with Crippen LogP contribution >= 0.6 is 0 Å². The van der Waals surface area contributed by atoms with Crippen LogP contribution in [0.25, 0.3) is 0 Å². The van der Waals surface area contributed by atoms with Gasteiger partial charge in [0, 0.05) is 24.9 Å². The van der Waals surface area contributed by atoms with Crippen molar-refractivity contribution in [1.82, 2.24) is 9.63 Å². The van der Waals surface area contributed by atoms with Gasteiger partial charge in [0.05, 0.1) is 18.7 Å². The highest BCUT2D eigenvalue weighted by atomic mass is 16.7. The monoisotopic (exact) mass is 240 g/mol. The molecule has 0 amide bonds. The lowest BCUT2D eigenvalue weighted by Crippen LogP contribution is -2.22. The summed E-state index contributed by atoms with van der Waals surface area (Å²) in [5, 5.41) is 2.15. The van der Waals surface area contributed by atoms with Gasteiger partial charge in [0.25, 0.3) is 0 Å². The highest BCUT2D eigenvalue weighted by Crippen LogP contribution is 2.39. The molecule has 2 aromatic rings. The van der Waals surface area contributed by atoms with E-state index in [1.54, 1.807) is 0 Å². The molecule has 2 atom stereocenters. The van der Waals surface area contributed by atoms with Crippen molar-refractivity contribution in [1.29, 1.82) is 0 Å². The largest absolute Gasteiger partial charge is 0.347 e. The van der Waals surface area contributed by atoms with E-state index in [4.69, 9.17) is 4.84 Å². The number of hydroxylamine groups is 2. The van der Waals surface area contributed by atoms with Crippen LogP contribution in [0.4, 0.5) is 0 Å². The van der Waals surface area contributed by atoms with E-state index >= 15 is 0 Å². The molecule has 2 aliphatic rings. The van der Waals surface area contributed by atoms with E-state index < -0.39 is 0 Å². The molecule has 0 N–H and O–H groups in total. The molecule has 0 radical (unpaired) electrons. The molecular formula is C15H16N2O. The van der Waals surface area contributed by atoms with Gasteiger partial charge in [-0.15, -0.1) is 0 Å². The maximum absolute atomic E-state index is 6.04. The Balaban J connectivity index is 1.61. The molecule has 18 heavy (non-hydrogen) atoms. The first-order valence-corrected chi connectivity index (χ1v) is 6.52. The average molecular weight is 240 g/mol. The summed E-state index contributed by atoms with van der Waals surface area (Å²) in [4.78, 5) is 6.04. The number of benzene rings is 1. The molecule has 0 aliphatic carbocycles. The number of hydrogen-bond donors (Lipinski definition) is 0. The molecule has 2 bridgehead atoms. The molecule has 3 heterocycles. The Morgan fingerprint density at radius 1 is 1.11 bits per heavy atom. The van der Waals surface area contributed by atoms with E-state index in [1.165, 1.54) is 11.3 Å². The molecule has 0 spiro atoms. The Morgan fingerprint density at radius 2 is 2.00 bits per heavy atom. The van der Waals surface area contributed by atoms with Crippen molar-refractivity contribution in [3.05, 3.63) is 59.9 Å². The van der Waals surface area contributed by atoms with E-state index in [0.29, 0.717) is 12.1 Å². The number of nitrogens with zero attached hydrogens (tertiary/aromatic N) is 2. The third-order valence-corrected chi connectivity index (χ3v) is 3.91. The zero-order chi connectivity index (χ0) is 11.9. The maximum atomic E-state index is 6.04. The summed E-state index contributed by atoms with van der Waals surface area (Å²) in [7, 11) is 0. The van der Waals surface area contributed by atoms with Gasteiger partial charge in [-0.05, 0) is 17.7 Å². The van der Waals surface area contributed by atoms with Crippen molar-refractivity contribution in [2.75, 3.05) is 0 Å². The second kappa shape index (κ2) is 3.97. The van der Waals surface area contributed by atoms with Gasteiger partial charge in [0.2, 0.25) is 0 Å². The van der Waals surface area contributed by atoms with Crippen molar-refractivity contribution in [3.8, 4) is 0 Å². The smallest absolute Gasteiger partial charge is 0.0991 e. The van der Waals surface area contributed by atoms with Gasteiger partial charge < -0.3 is 4.57 Å². The van der Waals surface area contributed by atoms with E-state index in [0.717, 1.165) is 19.5 Å². The Labute approximate surface area is 107 Å². The quantitative estimate of drug-likeness (QED) is 0.803. The van der Waals surface area contributed by atoms with Gasteiger partial charge in [-0.1, -0.05) is 30.3 Å². The molecule has 92 valence electrons. The standard InChI is InChI=1S/C15H16N2O/c1-2-5-12(6-3-1)10-17-15-9-13(18-17)11-16-8-4-7-14(15)16/h1-8,13,15H,9-11H2/t13-,15+/m0/s1. The first-order chi connectivity index (χ1) is 8.90. The minimum Gasteiger partial charge on any atom is -0.347 e. The first-order valence-electron chi connectivity index (χ1n) is 6.52. The molecule has 0 saturated carbocycles. The van der Waals surface area contributed by atoms with Crippen molar-refractivity contribution in [2.24, 2.45) is 0 Å². The lowest BCUT2D eigenvalue weighted by atomic mass is 10.0. The van der Waals surface area contributed by atoms with Gasteiger partial charge in [0.1, 0.15) is 0 Å². The molecule has 4 rings (SSSR count). The molecule has 1 fully saturated rings. The lowest BCUT2D eigenvalue weighted by Gasteiger charge is -2.23. The van der Waals surface area contributed by atoms with Crippen molar-refractivity contribution in [3.63, 3.8) is 0 Å². The van der Waals surface area contributed by atoms with Gasteiger partial charge in [-0.3, -0.25) is 4.84 Å². The van der Waals surface area contributed by atoms with Crippen molar-refractivity contribution >= 4 is 0 Å². The van der Waals surface area contributed by atoms with Gasteiger partial charge >= 0.3 is 0 Å². The van der Waals surface area contributed by atoms with Gasteiger partial charge in [0.15, 0.2) is 0 Å². The van der Waals surface area contributed by atoms with Crippen LogP contribution < -0.4 is 0 Å². The molecule has 1 aromatic carbocycles. The fourth-order valence-corrected chi connectivity index (χ4v) is 3.08. The molecule has 0 unspecified atom stereocenters. The van der Waals surface area contributed by atoms with Crippen LogP contribution in [0, 0.1) is 0 Å². The predicted octanol–water partition coefficient (Wildman–Crippen LogP) is 2.75. The minimum atomic E-state index is 0.346. The molecule has 3 nitrogen and oxygen atoms in total. The number of hydrogen-bond acceptors (Lipinski definition) is 2. The van der Waals surface area contributed by atoms with Gasteiger partial charge in [-0.25, -0.2) is 0 Å². The van der Waals surface area contributed by atoms with Crippen LogP contribution in [0.3, 0.4) is 0 Å². The van der Waals surface area contributed by atoms with E-state index in [9.17, 15) is 0 Å². The summed E-state index contributed by atoms with van der Waals surface area (Å²) in [5.41, 5.74) is 2.70. The maximum Gasteiger partial charge on any atom is 0.0991 e. The van der Waals surface area contributed by atoms with Crippen LogP contribution in [-0.2, 0) is 17.9 Å². The average Bonchev–Trinajstić information content (AvgIpc) is 2.98. The number of aromatic nitrogens is 1. The third-order valence-electron chi connectivity index (χ3n) is 3.91. The second-order valence-electron chi connectivity index (χ2n) is 5.13. The van der Waals surface area contributed by atoms with E-state index in [1.807, 2.05) is 0 Å². The summed E-state index contributed by atoms with van der Waals surface area (Å²) < 4.78 is 2.32. The fraction of sp³-hybridized carbons (Fsp3) is 0.333. The normalized spacial score (nSPS) is 26.2. The molecule has 3 heteroatoms. The van der Waals surface area contributed by atoms with Crippen LogP contribution in [-0.4, -0.2) is 15.7 Å². The third kappa shape index (κ3) is 1.59. The zero-order valence-electron chi connectivity index (χ0n) is 10.2. The van der Waals surface area contributed by atoms with Crippen LogP contribution in [0.15, 0.2) is 48.7 Å². The van der Waals surface area contributed by atoms with Crippen LogP contribution in [0.1, 0.15) is 23.7 Å². The summed E-state index contributed by atoms with van der Waals surface area (Å²) in [6, 6.07) is 15.3. The fourth-order valence-electron chi connectivity index (χ4n) is 3.08. The molecule has 1 saturated heterocycles. The number of rotatable bonds is 2. The molecule has 2 aliphatic heterocycles. The highest BCUT2D eigenvalue weighted by molar-refractivity contribution is 5.18. The molecule has 1 aromatic heterocycles. The first kappa shape index (κ1) is 10.4. The van der Waals surface area contributed by atoms with Gasteiger partial charge in [-0.2, -0.15) is 5.06 Å². The topological polar surface area (TPSA) is 17.4 Å². The Bertz CT molecular complexity index is 549. The summed E-state index contributed by atoms with van der Waals surface area (Å²) in [6.45, 7) is 1.86. The van der Waals surface area contributed by atoms with E-state index in [-0.39, 0.29) is 0 Å². The summed E-state index contributed by atoms with van der Waals surface area (Å²) in [5.74, 6) is 0. The lowest BCUT2D eigenvalue weighted by molar-refractivity contribution is -0.167. The summed E-state index contributed by atoms with van der Waals surface area (Å²) in [6.07, 6.45) is 3.62. The van der Waals surface area contributed by atoms with E-state index in [2.05, 4.69) is 58.3 Å². The van der Waals surface area contributed by atoms with Crippen molar-refractivity contribution in [2.45, 2.75) is 31.7 Å². The van der Waals surface area contributed by atoms with Crippen LogP contribution in [0.2, 0.25) is 0 Å². The zero-order valence-corrected chi connectivity index (χ0v) is 10.2. The SMILES string of the molecule is c1ccc(CN2O[C@H]3C[C@@H]2c2cccn2C3)cc1. The Kier molecular flexibility index (Phi) is 2.28. The number of fused-ring (bicyclic) bond motifs is 4. The Hall–Kier alpha value is -1.58. The summed E-state index contributed by atoms with van der Waals surface area (Å²) >= 11 is 0. The minimum absolute atomic E-state index is 0.346. The Morgan fingerprint density at radius 3 is 2.89 bits per heavy atom. The second-order valence-corrected chi connectivity index (χ2v) is 5.13. The molecular weight excluding hydrogens is 224 g/mol. The van der Waals surface area contributed by atoms with Crippen LogP contribution in [0.5, 0.6) is 0 Å². The predicted molar refractivity (Wildman–Crippen MR) is 68.6 cm³/mol.